The lowest BCUT2D eigenvalue weighted by Gasteiger charge is -2.31. The summed E-state index contributed by atoms with van der Waals surface area (Å²) in [7, 11) is -3.63. The Kier molecular flexibility index (Phi) is 6.36. The highest BCUT2D eigenvalue weighted by atomic mass is 32.2. The van der Waals surface area contributed by atoms with Crippen LogP contribution in [0.4, 0.5) is 0 Å². The highest BCUT2D eigenvalue weighted by molar-refractivity contribution is 7.89. The number of sulfonamides is 1. The van der Waals surface area contributed by atoms with Gasteiger partial charge in [0.1, 0.15) is 4.90 Å². The molecule has 9 heteroatoms. The van der Waals surface area contributed by atoms with Crippen LogP contribution in [0.25, 0.3) is 0 Å². The highest BCUT2D eigenvalue weighted by Crippen LogP contribution is 2.26. The third-order valence-electron chi connectivity index (χ3n) is 4.26. The number of amides is 1. The number of hydrogen-bond acceptors (Lipinski definition) is 5. The predicted molar refractivity (Wildman–Crippen MR) is 91.1 cm³/mol. The summed E-state index contributed by atoms with van der Waals surface area (Å²) < 4.78 is 27.2. The van der Waals surface area contributed by atoms with Gasteiger partial charge in [-0.05, 0) is 33.2 Å². The van der Waals surface area contributed by atoms with Crippen molar-refractivity contribution in [3.05, 3.63) is 11.4 Å². The average molecular weight is 357 g/mol. The molecule has 0 aliphatic carbocycles. The largest absolute Gasteiger partial charge is 0.355 e. The van der Waals surface area contributed by atoms with Crippen LogP contribution in [0.3, 0.4) is 0 Å². The van der Waals surface area contributed by atoms with E-state index in [1.54, 1.807) is 13.8 Å². The van der Waals surface area contributed by atoms with Crippen molar-refractivity contribution < 1.29 is 13.2 Å². The Balaban J connectivity index is 2.03. The van der Waals surface area contributed by atoms with E-state index in [0.29, 0.717) is 43.9 Å². The number of aryl methyl sites for hydroxylation is 2. The zero-order valence-electron chi connectivity index (χ0n) is 14.6. The first-order valence-electron chi connectivity index (χ1n) is 8.38. The van der Waals surface area contributed by atoms with Crippen LogP contribution in [0, 0.1) is 19.8 Å². The van der Waals surface area contributed by atoms with Gasteiger partial charge in [0, 0.05) is 26.2 Å². The van der Waals surface area contributed by atoms with Crippen LogP contribution in [0.5, 0.6) is 0 Å². The van der Waals surface area contributed by atoms with Gasteiger partial charge >= 0.3 is 0 Å². The van der Waals surface area contributed by atoms with Crippen molar-refractivity contribution >= 4 is 15.9 Å². The molecule has 1 unspecified atom stereocenters. The molecule has 0 aromatic carbocycles. The molecule has 1 aliphatic rings. The van der Waals surface area contributed by atoms with E-state index in [0.717, 1.165) is 6.54 Å². The van der Waals surface area contributed by atoms with Crippen molar-refractivity contribution in [1.82, 2.24) is 25.1 Å². The number of H-pyrrole nitrogens is 1. The van der Waals surface area contributed by atoms with Crippen LogP contribution < -0.4 is 10.6 Å². The van der Waals surface area contributed by atoms with Crippen LogP contribution in [0.1, 0.15) is 31.2 Å². The fourth-order valence-corrected chi connectivity index (χ4v) is 4.88. The van der Waals surface area contributed by atoms with E-state index in [2.05, 4.69) is 20.8 Å². The number of aromatic amines is 1. The Bertz CT molecular complexity index is 651. The molecule has 1 aromatic rings. The van der Waals surface area contributed by atoms with Crippen molar-refractivity contribution in [3.8, 4) is 0 Å². The lowest BCUT2D eigenvalue weighted by atomic mass is 9.99. The summed E-state index contributed by atoms with van der Waals surface area (Å²) in [5.74, 6) is -0.379. The summed E-state index contributed by atoms with van der Waals surface area (Å²) in [6.07, 6.45) is 1.39. The summed E-state index contributed by atoms with van der Waals surface area (Å²) in [6.45, 7) is 8.15. The monoisotopic (exact) mass is 357 g/mol. The minimum Gasteiger partial charge on any atom is -0.355 e. The number of likely N-dealkylation sites (N-methyl/N-ethyl adjacent to an activating group) is 1. The maximum Gasteiger partial charge on any atom is 0.246 e. The molecule has 0 saturated carbocycles. The van der Waals surface area contributed by atoms with Crippen LogP contribution in [-0.4, -0.2) is 61.6 Å². The predicted octanol–water partition coefficient (Wildman–Crippen LogP) is 0.153. The first-order valence-corrected chi connectivity index (χ1v) is 9.82. The molecule has 0 radical (unpaired) electrons. The minimum absolute atomic E-state index is 0.0755. The van der Waals surface area contributed by atoms with Crippen molar-refractivity contribution in [2.45, 2.75) is 38.5 Å². The third kappa shape index (κ3) is 4.14. The van der Waals surface area contributed by atoms with E-state index >= 15 is 0 Å². The molecular weight excluding hydrogens is 330 g/mol. The number of hydrogen-bond donors (Lipinski definition) is 3. The highest BCUT2D eigenvalue weighted by Gasteiger charge is 2.35. The standard InChI is InChI=1S/C15H27N5O3S/c1-4-16-7-8-17-15(21)13-6-5-9-20(10-13)24(22,23)14-11(2)18-19-12(14)3/h13,16H,4-10H2,1-3H3,(H,17,21)(H,18,19). The van der Waals surface area contributed by atoms with Gasteiger partial charge in [0.05, 0.1) is 17.3 Å². The quantitative estimate of drug-likeness (QED) is 0.602. The number of nitrogens with one attached hydrogen (secondary N) is 3. The number of rotatable bonds is 7. The molecule has 1 aliphatic heterocycles. The van der Waals surface area contributed by atoms with Crippen LogP contribution >= 0.6 is 0 Å². The number of carbonyl (C=O) groups is 1. The van der Waals surface area contributed by atoms with Crippen molar-refractivity contribution in [3.63, 3.8) is 0 Å². The Morgan fingerprint density at radius 1 is 1.38 bits per heavy atom. The maximum atomic E-state index is 12.9. The fourth-order valence-electron chi connectivity index (χ4n) is 3.02. The van der Waals surface area contributed by atoms with Gasteiger partial charge in [0.2, 0.25) is 15.9 Å². The molecule has 24 heavy (non-hydrogen) atoms. The Morgan fingerprint density at radius 3 is 2.75 bits per heavy atom. The second-order valence-electron chi connectivity index (χ2n) is 6.11. The summed E-state index contributed by atoms with van der Waals surface area (Å²) in [6, 6.07) is 0. The minimum atomic E-state index is -3.63. The van der Waals surface area contributed by atoms with Crippen molar-refractivity contribution in [2.24, 2.45) is 5.92 Å². The normalized spacial score (nSPS) is 19.4. The number of carbonyl (C=O) groups excluding carboxylic acids is 1. The molecule has 1 aromatic heterocycles. The van der Waals surface area contributed by atoms with E-state index in [9.17, 15) is 13.2 Å². The second kappa shape index (κ2) is 8.09. The van der Waals surface area contributed by atoms with Gasteiger partial charge in [-0.3, -0.25) is 9.89 Å². The first-order chi connectivity index (χ1) is 11.4. The van der Waals surface area contributed by atoms with Gasteiger partial charge in [-0.25, -0.2) is 8.42 Å². The van der Waals surface area contributed by atoms with Crippen LogP contribution in [0.2, 0.25) is 0 Å². The van der Waals surface area contributed by atoms with E-state index < -0.39 is 10.0 Å². The molecule has 2 rings (SSSR count). The van der Waals surface area contributed by atoms with E-state index in [1.807, 2.05) is 6.92 Å². The molecule has 1 fully saturated rings. The molecule has 0 bridgehead atoms. The smallest absolute Gasteiger partial charge is 0.246 e. The molecule has 1 saturated heterocycles. The van der Waals surface area contributed by atoms with Crippen LogP contribution in [0.15, 0.2) is 4.90 Å². The van der Waals surface area contributed by atoms with Crippen molar-refractivity contribution in [2.75, 3.05) is 32.7 Å². The third-order valence-corrected chi connectivity index (χ3v) is 6.39. The molecule has 2 heterocycles. The van der Waals surface area contributed by atoms with Gasteiger partial charge in [0.15, 0.2) is 0 Å². The van der Waals surface area contributed by atoms with Gasteiger partial charge in [-0.15, -0.1) is 0 Å². The zero-order valence-corrected chi connectivity index (χ0v) is 15.4. The Hall–Kier alpha value is -1.45. The van der Waals surface area contributed by atoms with Gasteiger partial charge < -0.3 is 10.6 Å². The first kappa shape index (κ1) is 18.9. The lowest BCUT2D eigenvalue weighted by molar-refractivity contribution is -0.126. The van der Waals surface area contributed by atoms with Gasteiger partial charge in [-0.2, -0.15) is 9.40 Å². The lowest BCUT2D eigenvalue weighted by Crippen LogP contribution is -2.46. The molecule has 0 spiro atoms. The topological polar surface area (TPSA) is 107 Å². The zero-order chi connectivity index (χ0) is 17.7. The Labute approximate surface area is 143 Å². The molecule has 8 nitrogen and oxygen atoms in total. The summed E-state index contributed by atoms with van der Waals surface area (Å²) in [4.78, 5) is 12.5. The molecule has 3 N–H and O–H groups in total. The maximum absolute atomic E-state index is 12.9. The fraction of sp³-hybridized carbons (Fsp3) is 0.733. The van der Waals surface area contributed by atoms with Gasteiger partial charge in [-0.1, -0.05) is 6.92 Å². The van der Waals surface area contributed by atoms with E-state index in [-0.39, 0.29) is 23.3 Å². The number of nitrogens with zero attached hydrogens (tertiary/aromatic N) is 2. The molecule has 136 valence electrons. The van der Waals surface area contributed by atoms with Crippen molar-refractivity contribution in [1.29, 1.82) is 0 Å². The van der Waals surface area contributed by atoms with Gasteiger partial charge in [0.25, 0.3) is 0 Å². The molecule has 1 amide bonds. The summed E-state index contributed by atoms with van der Waals surface area (Å²) >= 11 is 0. The number of piperidine rings is 1. The Morgan fingerprint density at radius 2 is 2.12 bits per heavy atom. The van der Waals surface area contributed by atoms with Crippen LogP contribution in [-0.2, 0) is 14.8 Å². The average Bonchev–Trinajstić information content (AvgIpc) is 2.91. The number of aromatic nitrogens is 2. The molecule has 1 atom stereocenters. The summed E-state index contributed by atoms with van der Waals surface area (Å²) in [5.41, 5.74) is 0.995. The summed E-state index contributed by atoms with van der Waals surface area (Å²) in [5, 5.41) is 12.7. The van der Waals surface area contributed by atoms with E-state index in [4.69, 9.17) is 0 Å². The van der Waals surface area contributed by atoms with E-state index in [1.165, 1.54) is 4.31 Å². The second-order valence-corrected chi connectivity index (χ2v) is 7.98. The molecular formula is C15H27N5O3S. The SMILES string of the molecule is CCNCCNC(=O)C1CCCN(S(=O)(=O)c2c(C)n[nH]c2C)C1.